The Labute approximate surface area is 121 Å². The number of nitrogen functional groups attached to an aromatic ring is 1. The lowest BCUT2D eigenvalue weighted by atomic mass is 10.1. The Morgan fingerprint density at radius 3 is 2.52 bits per heavy atom. The van der Waals surface area contributed by atoms with Crippen LogP contribution < -0.4 is 16.2 Å². The Bertz CT molecular complexity index is 707. The Morgan fingerprint density at radius 1 is 1.29 bits per heavy atom. The number of amides is 1. The molecule has 0 aliphatic heterocycles. The lowest BCUT2D eigenvalue weighted by Crippen LogP contribution is -2.28. The Hall–Kier alpha value is -2.91. The van der Waals surface area contributed by atoms with Gasteiger partial charge < -0.3 is 10.3 Å². The van der Waals surface area contributed by atoms with E-state index in [2.05, 4.69) is 5.43 Å². The van der Waals surface area contributed by atoms with Gasteiger partial charge in [0.2, 0.25) is 0 Å². The molecule has 0 atom stereocenters. The molecule has 0 saturated heterocycles. The summed E-state index contributed by atoms with van der Waals surface area (Å²) in [6, 6.07) is 12.6. The SMILES string of the molecule is CN(C(=O)c1cccc(F)c1NN)c1ccc(C#N)cc1. The molecule has 2 rings (SSSR count). The van der Waals surface area contributed by atoms with Gasteiger partial charge >= 0.3 is 0 Å². The van der Waals surface area contributed by atoms with Gasteiger partial charge in [0.05, 0.1) is 22.9 Å². The van der Waals surface area contributed by atoms with E-state index in [1.807, 2.05) is 6.07 Å². The summed E-state index contributed by atoms with van der Waals surface area (Å²) in [6.07, 6.45) is 0. The highest BCUT2D eigenvalue weighted by atomic mass is 19.1. The van der Waals surface area contributed by atoms with Gasteiger partial charge in [0.15, 0.2) is 0 Å². The largest absolute Gasteiger partial charge is 0.321 e. The van der Waals surface area contributed by atoms with Crippen molar-refractivity contribution in [2.45, 2.75) is 0 Å². The number of nitrogens with one attached hydrogen (secondary N) is 1. The average molecular weight is 284 g/mol. The second kappa shape index (κ2) is 6.03. The van der Waals surface area contributed by atoms with Crippen LogP contribution in [-0.4, -0.2) is 13.0 Å². The van der Waals surface area contributed by atoms with E-state index in [4.69, 9.17) is 11.1 Å². The zero-order valence-corrected chi connectivity index (χ0v) is 11.3. The van der Waals surface area contributed by atoms with Crippen LogP contribution >= 0.6 is 0 Å². The maximum absolute atomic E-state index is 13.6. The van der Waals surface area contributed by atoms with Gasteiger partial charge in [-0.25, -0.2) is 4.39 Å². The van der Waals surface area contributed by atoms with E-state index >= 15 is 0 Å². The molecule has 0 unspecified atom stereocenters. The molecule has 0 fully saturated rings. The van der Waals surface area contributed by atoms with Crippen LogP contribution in [0.2, 0.25) is 0 Å². The van der Waals surface area contributed by atoms with E-state index in [1.54, 1.807) is 31.3 Å². The van der Waals surface area contributed by atoms with Crippen molar-refractivity contribution in [3.8, 4) is 6.07 Å². The van der Waals surface area contributed by atoms with Crippen LogP contribution in [-0.2, 0) is 0 Å². The van der Waals surface area contributed by atoms with Gasteiger partial charge in [-0.3, -0.25) is 10.6 Å². The number of benzene rings is 2. The van der Waals surface area contributed by atoms with E-state index in [-0.39, 0.29) is 11.3 Å². The third kappa shape index (κ3) is 2.83. The first-order chi connectivity index (χ1) is 10.1. The summed E-state index contributed by atoms with van der Waals surface area (Å²) in [6.45, 7) is 0. The van der Waals surface area contributed by atoms with Crippen molar-refractivity contribution in [3.63, 3.8) is 0 Å². The molecule has 2 aromatic rings. The van der Waals surface area contributed by atoms with E-state index in [9.17, 15) is 9.18 Å². The zero-order valence-electron chi connectivity index (χ0n) is 11.3. The van der Waals surface area contributed by atoms with Crippen LogP contribution in [0, 0.1) is 17.1 Å². The second-order valence-corrected chi connectivity index (χ2v) is 4.33. The third-order valence-corrected chi connectivity index (χ3v) is 3.08. The number of para-hydroxylation sites is 1. The lowest BCUT2D eigenvalue weighted by molar-refractivity contribution is 0.0993. The molecule has 0 aliphatic carbocycles. The molecule has 21 heavy (non-hydrogen) atoms. The van der Waals surface area contributed by atoms with Gasteiger partial charge in [-0.1, -0.05) is 6.07 Å². The van der Waals surface area contributed by atoms with Crippen molar-refractivity contribution in [2.24, 2.45) is 5.84 Å². The smallest absolute Gasteiger partial charge is 0.260 e. The molecule has 0 aromatic heterocycles. The standard InChI is InChI=1S/C15H13FN4O/c1-20(11-7-5-10(9-17)6-8-11)15(21)12-3-2-4-13(16)14(12)19-18/h2-8,19H,18H2,1H3. The predicted octanol–water partition coefficient (Wildman–Crippen LogP) is 2.26. The maximum atomic E-state index is 13.6. The number of carbonyl (C=O) groups is 1. The van der Waals surface area contributed by atoms with Gasteiger partial charge in [0, 0.05) is 12.7 Å². The molecule has 0 spiro atoms. The number of hydrazine groups is 1. The molecule has 2 aromatic carbocycles. The Balaban J connectivity index is 2.35. The van der Waals surface area contributed by atoms with Crippen molar-refractivity contribution in [1.29, 1.82) is 5.26 Å². The molecule has 5 nitrogen and oxygen atoms in total. The van der Waals surface area contributed by atoms with Gasteiger partial charge in [0.25, 0.3) is 5.91 Å². The molecule has 3 N–H and O–H groups in total. The van der Waals surface area contributed by atoms with Crippen LogP contribution in [0.5, 0.6) is 0 Å². The summed E-state index contributed by atoms with van der Waals surface area (Å²) >= 11 is 0. The number of rotatable bonds is 3. The quantitative estimate of drug-likeness (QED) is 0.669. The van der Waals surface area contributed by atoms with Crippen LogP contribution in [0.15, 0.2) is 42.5 Å². The molecule has 1 amide bonds. The van der Waals surface area contributed by atoms with E-state index in [0.29, 0.717) is 11.3 Å². The number of nitrogens with zero attached hydrogens (tertiary/aromatic N) is 2. The van der Waals surface area contributed by atoms with Crippen molar-refractivity contribution < 1.29 is 9.18 Å². The molecule has 6 heteroatoms. The number of nitriles is 1. The highest BCUT2D eigenvalue weighted by Gasteiger charge is 2.19. The van der Waals surface area contributed by atoms with Crippen LogP contribution in [0.4, 0.5) is 15.8 Å². The highest BCUT2D eigenvalue weighted by molar-refractivity contribution is 6.09. The van der Waals surface area contributed by atoms with Gasteiger partial charge in [0.1, 0.15) is 5.82 Å². The second-order valence-electron chi connectivity index (χ2n) is 4.33. The fourth-order valence-electron chi connectivity index (χ4n) is 1.91. The van der Waals surface area contributed by atoms with Gasteiger partial charge in [-0.15, -0.1) is 0 Å². The Morgan fingerprint density at radius 2 is 1.95 bits per heavy atom. The van der Waals surface area contributed by atoms with Crippen molar-refractivity contribution in [2.75, 3.05) is 17.4 Å². The average Bonchev–Trinajstić information content (AvgIpc) is 2.53. The molecule has 0 heterocycles. The van der Waals surface area contributed by atoms with E-state index in [1.165, 1.54) is 23.1 Å². The molecule has 0 aliphatic rings. The number of hydrogen-bond donors (Lipinski definition) is 2. The first kappa shape index (κ1) is 14.5. The first-order valence-electron chi connectivity index (χ1n) is 6.12. The lowest BCUT2D eigenvalue weighted by Gasteiger charge is -2.19. The minimum absolute atomic E-state index is 0.0528. The monoisotopic (exact) mass is 284 g/mol. The summed E-state index contributed by atoms with van der Waals surface area (Å²) in [5.41, 5.74) is 3.36. The molecule has 0 radical (unpaired) electrons. The van der Waals surface area contributed by atoms with Gasteiger partial charge in [-0.05, 0) is 36.4 Å². The summed E-state index contributed by atoms with van der Waals surface area (Å²) in [5, 5.41) is 8.76. The number of carbonyl (C=O) groups excluding carboxylic acids is 1. The minimum atomic E-state index is -0.600. The topological polar surface area (TPSA) is 82.2 Å². The molecule has 106 valence electrons. The highest BCUT2D eigenvalue weighted by Crippen LogP contribution is 2.23. The number of anilines is 2. The fraction of sp³-hybridized carbons (Fsp3) is 0.0667. The summed E-state index contributed by atoms with van der Waals surface area (Å²) in [7, 11) is 1.56. The first-order valence-corrected chi connectivity index (χ1v) is 6.12. The number of hydrogen-bond acceptors (Lipinski definition) is 4. The maximum Gasteiger partial charge on any atom is 0.260 e. The van der Waals surface area contributed by atoms with Crippen molar-refractivity contribution in [3.05, 3.63) is 59.4 Å². The van der Waals surface area contributed by atoms with Crippen molar-refractivity contribution >= 4 is 17.3 Å². The van der Waals surface area contributed by atoms with Crippen LogP contribution in [0.25, 0.3) is 0 Å². The summed E-state index contributed by atoms with van der Waals surface area (Å²) < 4.78 is 13.6. The Kier molecular flexibility index (Phi) is 4.16. The molecule has 0 bridgehead atoms. The minimum Gasteiger partial charge on any atom is -0.321 e. The predicted molar refractivity (Wildman–Crippen MR) is 78.1 cm³/mol. The zero-order chi connectivity index (χ0) is 15.4. The van der Waals surface area contributed by atoms with Crippen molar-refractivity contribution in [1.82, 2.24) is 0 Å². The van der Waals surface area contributed by atoms with Gasteiger partial charge in [-0.2, -0.15) is 5.26 Å². The fourth-order valence-corrected chi connectivity index (χ4v) is 1.91. The van der Waals surface area contributed by atoms with E-state index in [0.717, 1.165) is 0 Å². The third-order valence-electron chi connectivity index (χ3n) is 3.08. The number of halogens is 1. The normalized spacial score (nSPS) is 9.81. The summed E-state index contributed by atoms with van der Waals surface area (Å²) in [5.74, 6) is 4.26. The number of nitrogens with two attached hydrogens (primary N) is 1. The summed E-state index contributed by atoms with van der Waals surface area (Å²) in [4.78, 5) is 13.8. The molecule has 0 saturated carbocycles. The van der Waals surface area contributed by atoms with Crippen LogP contribution in [0.3, 0.4) is 0 Å². The molecular weight excluding hydrogens is 271 g/mol. The molecular formula is C15H13FN4O. The van der Waals surface area contributed by atoms with Crippen LogP contribution in [0.1, 0.15) is 15.9 Å². The van der Waals surface area contributed by atoms with E-state index < -0.39 is 11.7 Å².